The first-order chi connectivity index (χ1) is 13.5. The minimum Gasteiger partial charge on any atom is -0.744 e. The Morgan fingerprint density at radius 3 is 2.20 bits per heavy atom. The smallest absolute Gasteiger partial charge is 0.744 e. The maximum absolute atomic E-state index is 11.5. The van der Waals surface area contributed by atoms with Crippen LogP contribution in [0, 0.1) is 0 Å². The number of phenolic OH excluding ortho intramolecular Hbond substituents is 1. The number of benzene rings is 3. The minimum absolute atomic E-state index is 0. The topological polar surface area (TPSA) is 169 Å². The van der Waals surface area contributed by atoms with Crippen LogP contribution < -0.4 is 4.74 Å². The second-order valence-electron chi connectivity index (χ2n) is 5.76. The van der Waals surface area contributed by atoms with Crippen LogP contribution in [0.3, 0.4) is 0 Å². The van der Waals surface area contributed by atoms with Gasteiger partial charge in [-0.15, -0.1) is 10.2 Å². The molecule has 3 rings (SSSR count). The fourth-order valence-corrected chi connectivity index (χ4v) is 3.68. The molecular formula is C17H12N2O8S2Sr. The predicted molar refractivity (Wildman–Crippen MR) is 104 cm³/mol. The number of rotatable bonds is 5. The zero-order valence-corrected chi connectivity index (χ0v) is 20.5. The van der Waals surface area contributed by atoms with Crippen LogP contribution in [0.1, 0.15) is 0 Å². The molecule has 0 atom stereocenters. The van der Waals surface area contributed by atoms with Gasteiger partial charge in [0.25, 0.3) is 0 Å². The second-order valence-corrected chi connectivity index (χ2v) is 8.49. The van der Waals surface area contributed by atoms with Gasteiger partial charge in [0.15, 0.2) is 0 Å². The molecule has 13 heteroatoms. The Kier molecular flexibility index (Phi) is 7.64. The molecule has 0 unspecified atom stereocenters. The van der Waals surface area contributed by atoms with Crippen molar-refractivity contribution in [2.75, 3.05) is 7.11 Å². The minimum atomic E-state index is -4.89. The van der Waals surface area contributed by atoms with Crippen molar-refractivity contribution in [1.29, 1.82) is 0 Å². The molecule has 0 bridgehead atoms. The molecule has 0 spiro atoms. The van der Waals surface area contributed by atoms with E-state index in [1.807, 2.05) is 0 Å². The van der Waals surface area contributed by atoms with Crippen LogP contribution in [-0.2, 0) is 20.2 Å². The Hall–Kier alpha value is -1.58. The number of hydrogen-bond acceptors (Lipinski definition) is 10. The Labute approximate surface area is 209 Å². The zero-order valence-electron chi connectivity index (χ0n) is 15.3. The second kappa shape index (κ2) is 9.28. The van der Waals surface area contributed by atoms with E-state index in [4.69, 9.17) is 4.74 Å². The molecule has 3 aromatic carbocycles. The van der Waals surface area contributed by atoms with Crippen LogP contribution in [0.4, 0.5) is 11.4 Å². The number of ether oxygens (including phenoxy) is 1. The molecule has 0 aliphatic carbocycles. The first-order valence-corrected chi connectivity index (χ1v) is 10.6. The summed E-state index contributed by atoms with van der Waals surface area (Å²) in [5, 5.41) is 18.2. The number of nitrogens with zero attached hydrogens (tertiary/aromatic N) is 2. The quantitative estimate of drug-likeness (QED) is 0.302. The van der Waals surface area contributed by atoms with E-state index in [2.05, 4.69) is 10.2 Å². The largest absolute Gasteiger partial charge is 2.00 e. The molecule has 0 radical (unpaired) electrons. The number of azo groups is 1. The third kappa shape index (κ3) is 5.36. The van der Waals surface area contributed by atoms with Gasteiger partial charge in [-0.3, -0.25) is 0 Å². The number of phenols is 1. The van der Waals surface area contributed by atoms with Gasteiger partial charge >= 0.3 is 45.5 Å². The Morgan fingerprint density at radius 2 is 1.60 bits per heavy atom. The Morgan fingerprint density at radius 1 is 0.900 bits per heavy atom. The predicted octanol–water partition coefficient (Wildman–Crippen LogP) is 2.40. The van der Waals surface area contributed by atoms with Crippen molar-refractivity contribution >= 4 is 87.9 Å². The summed E-state index contributed by atoms with van der Waals surface area (Å²) >= 11 is 0. The maximum Gasteiger partial charge on any atom is 2.00 e. The van der Waals surface area contributed by atoms with Crippen molar-refractivity contribution in [3.05, 3.63) is 48.5 Å². The Balaban J connectivity index is 0.00000320. The fraction of sp³-hybridized carbons (Fsp3) is 0.0588. The summed E-state index contributed by atoms with van der Waals surface area (Å²) in [5.74, 6) is -0.211. The van der Waals surface area contributed by atoms with Crippen molar-refractivity contribution in [3.63, 3.8) is 0 Å². The summed E-state index contributed by atoms with van der Waals surface area (Å²) < 4.78 is 72.9. The molecule has 0 aliphatic rings. The van der Waals surface area contributed by atoms with E-state index >= 15 is 0 Å². The third-order valence-corrected chi connectivity index (χ3v) is 5.62. The summed E-state index contributed by atoms with van der Waals surface area (Å²) in [6, 6.07) is 9.56. The van der Waals surface area contributed by atoms with Crippen LogP contribution in [0.15, 0.2) is 68.6 Å². The standard InChI is InChI=1S/C17H14N2O8S2.Sr/c1-27-11-3-6-14(16(9-11)29(24,25)26)18-19-17-13-5-4-12(28(21,22)23)8-10(13)2-7-15(17)20;/h2-9,20H,1H3,(H,21,22,23)(H,24,25,26);/q;+2/p-2. The van der Waals surface area contributed by atoms with E-state index in [9.17, 15) is 31.0 Å². The van der Waals surface area contributed by atoms with Gasteiger partial charge in [-0.05, 0) is 41.8 Å². The van der Waals surface area contributed by atoms with Crippen molar-refractivity contribution in [3.8, 4) is 11.5 Å². The molecule has 30 heavy (non-hydrogen) atoms. The molecule has 1 N–H and O–H groups in total. The first kappa shape index (κ1) is 24.7. The van der Waals surface area contributed by atoms with Crippen molar-refractivity contribution < 1.29 is 35.8 Å². The fourth-order valence-electron chi connectivity index (χ4n) is 2.55. The summed E-state index contributed by atoms with van der Waals surface area (Å²) in [5.41, 5.74) is -0.390. The zero-order chi connectivity index (χ0) is 21.4. The van der Waals surface area contributed by atoms with Crippen molar-refractivity contribution in [1.82, 2.24) is 0 Å². The van der Waals surface area contributed by atoms with E-state index < -0.39 is 30.0 Å². The third-order valence-electron chi connectivity index (χ3n) is 3.92. The van der Waals surface area contributed by atoms with Crippen LogP contribution >= 0.6 is 0 Å². The average Bonchev–Trinajstić information content (AvgIpc) is 2.65. The van der Waals surface area contributed by atoms with E-state index in [0.717, 1.165) is 18.2 Å². The van der Waals surface area contributed by atoms with Gasteiger partial charge in [0.1, 0.15) is 43.1 Å². The monoisotopic (exact) mass is 524 g/mol. The molecule has 152 valence electrons. The summed E-state index contributed by atoms with van der Waals surface area (Å²) in [7, 11) is -8.28. The number of hydrogen-bond donors (Lipinski definition) is 1. The summed E-state index contributed by atoms with van der Waals surface area (Å²) in [4.78, 5) is -1.13. The van der Waals surface area contributed by atoms with Gasteiger partial charge in [0.05, 0.1) is 16.9 Å². The summed E-state index contributed by atoms with van der Waals surface area (Å²) in [6.07, 6.45) is 0. The average molecular weight is 524 g/mol. The van der Waals surface area contributed by atoms with Crippen LogP contribution in [0.5, 0.6) is 11.5 Å². The molecule has 0 amide bonds. The molecule has 10 nitrogen and oxygen atoms in total. The van der Waals surface area contributed by atoms with Gasteiger partial charge in [-0.2, -0.15) is 0 Å². The normalized spacial score (nSPS) is 12.1. The van der Waals surface area contributed by atoms with Crippen LogP contribution in [0.2, 0.25) is 0 Å². The summed E-state index contributed by atoms with van der Waals surface area (Å²) in [6.45, 7) is 0. The number of fused-ring (bicyclic) bond motifs is 1. The van der Waals surface area contributed by atoms with E-state index in [1.165, 1.54) is 37.4 Å². The van der Waals surface area contributed by atoms with Gasteiger partial charge in [-0.1, -0.05) is 12.1 Å². The molecule has 0 aromatic heterocycles. The Bertz CT molecular complexity index is 1360. The molecule has 3 aromatic rings. The van der Waals surface area contributed by atoms with E-state index in [-0.39, 0.29) is 79.1 Å². The van der Waals surface area contributed by atoms with E-state index in [0.29, 0.717) is 0 Å². The molecule has 0 saturated carbocycles. The van der Waals surface area contributed by atoms with Crippen LogP contribution in [0.25, 0.3) is 10.8 Å². The van der Waals surface area contributed by atoms with Gasteiger partial charge in [0.2, 0.25) is 0 Å². The number of aromatic hydroxyl groups is 1. The first-order valence-electron chi connectivity index (χ1n) is 7.78. The van der Waals surface area contributed by atoms with Gasteiger partial charge in [-0.25, -0.2) is 16.8 Å². The molecular weight excluding hydrogens is 512 g/mol. The molecule has 0 aliphatic heterocycles. The van der Waals surface area contributed by atoms with Gasteiger partial charge in [0, 0.05) is 5.39 Å². The van der Waals surface area contributed by atoms with Crippen molar-refractivity contribution in [2.45, 2.75) is 9.79 Å². The van der Waals surface area contributed by atoms with E-state index in [1.54, 1.807) is 0 Å². The molecule has 0 heterocycles. The SMILES string of the molecule is COc1ccc(N=Nc2c(O)ccc3cc(S(=O)(=O)[O-])ccc23)c(S(=O)(=O)[O-])c1.[Sr+2]. The maximum atomic E-state index is 11.5. The van der Waals surface area contributed by atoms with Crippen LogP contribution in [-0.4, -0.2) is 83.6 Å². The molecule has 0 saturated heterocycles. The van der Waals surface area contributed by atoms with Crippen molar-refractivity contribution in [2.24, 2.45) is 10.2 Å². The number of methoxy groups -OCH3 is 1. The van der Waals surface area contributed by atoms with Gasteiger partial charge < -0.3 is 18.9 Å². The molecule has 0 fully saturated rings.